The number of benzene rings is 1. The fraction of sp³-hybridized carbons (Fsp3) is 0.294. The smallest absolute Gasteiger partial charge is 0.237 e. The Bertz CT molecular complexity index is 855. The van der Waals surface area contributed by atoms with Gasteiger partial charge >= 0.3 is 0 Å². The van der Waals surface area contributed by atoms with Crippen LogP contribution in [0.2, 0.25) is 0 Å². The van der Waals surface area contributed by atoms with Gasteiger partial charge in [-0.3, -0.25) is 4.72 Å². The van der Waals surface area contributed by atoms with Crippen LogP contribution in [0.3, 0.4) is 0 Å². The predicted octanol–water partition coefficient (Wildman–Crippen LogP) is 3.71. The first-order chi connectivity index (χ1) is 11.1. The maximum Gasteiger partial charge on any atom is 0.237 e. The first-order valence-corrected chi connectivity index (χ1v) is 8.96. The summed E-state index contributed by atoms with van der Waals surface area (Å²) in [5.74, 6) is 1.17. The van der Waals surface area contributed by atoms with Gasteiger partial charge in [-0.15, -0.1) is 0 Å². The van der Waals surface area contributed by atoms with Gasteiger partial charge in [0.1, 0.15) is 5.82 Å². The third-order valence-corrected chi connectivity index (χ3v) is 5.47. The second-order valence-corrected chi connectivity index (χ2v) is 8.82. The number of rotatable bonds is 5. The highest BCUT2D eigenvalue weighted by Gasteiger charge is 2.28. The van der Waals surface area contributed by atoms with Gasteiger partial charge < -0.3 is 5.32 Å². The van der Waals surface area contributed by atoms with Gasteiger partial charge in [0, 0.05) is 17.4 Å². The van der Waals surface area contributed by atoms with E-state index < -0.39 is 14.8 Å². The van der Waals surface area contributed by atoms with Crippen molar-refractivity contribution in [3.8, 4) is 0 Å². The lowest BCUT2D eigenvalue weighted by atomic mass is 10.2. The molecule has 0 aliphatic rings. The standard InChI is InChI=1S/C17H22N4O2S/c1-6-15-18-11-12(2)16(20-15)19-13-8-7-9-14(10-13)21-24(22,23)17(3,4)5/h6-11,21H,1H2,2-5H3,(H,18,19,20). The number of aryl methyl sites for hydroxylation is 1. The number of sulfonamides is 1. The van der Waals surface area contributed by atoms with Crippen LogP contribution in [0.15, 0.2) is 37.0 Å². The zero-order valence-electron chi connectivity index (χ0n) is 14.3. The molecule has 1 heterocycles. The van der Waals surface area contributed by atoms with Crippen LogP contribution in [0.1, 0.15) is 32.2 Å². The zero-order chi connectivity index (χ0) is 18.0. The number of hydrogen-bond acceptors (Lipinski definition) is 5. The molecule has 6 nitrogen and oxygen atoms in total. The Balaban J connectivity index is 2.27. The Morgan fingerprint density at radius 3 is 2.50 bits per heavy atom. The van der Waals surface area contributed by atoms with E-state index in [-0.39, 0.29) is 0 Å². The fourth-order valence-corrected chi connectivity index (χ4v) is 2.53. The maximum absolute atomic E-state index is 12.3. The van der Waals surface area contributed by atoms with Crippen molar-refractivity contribution >= 4 is 33.3 Å². The van der Waals surface area contributed by atoms with Gasteiger partial charge in [-0.05, 0) is 52.0 Å². The molecule has 1 aromatic carbocycles. The van der Waals surface area contributed by atoms with E-state index in [1.54, 1.807) is 51.2 Å². The summed E-state index contributed by atoms with van der Waals surface area (Å²) in [4.78, 5) is 8.48. The van der Waals surface area contributed by atoms with Gasteiger partial charge in [-0.1, -0.05) is 12.6 Å². The highest BCUT2D eigenvalue weighted by atomic mass is 32.2. The molecule has 2 aromatic rings. The molecule has 0 aliphatic carbocycles. The average molecular weight is 346 g/mol. The summed E-state index contributed by atoms with van der Waals surface area (Å²) in [6.07, 6.45) is 3.27. The maximum atomic E-state index is 12.3. The Morgan fingerprint density at radius 2 is 1.88 bits per heavy atom. The summed E-state index contributed by atoms with van der Waals surface area (Å²) >= 11 is 0. The predicted molar refractivity (Wildman–Crippen MR) is 98.9 cm³/mol. The van der Waals surface area contributed by atoms with E-state index in [2.05, 4.69) is 26.6 Å². The monoisotopic (exact) mass is 346 g/mol. The number of nitrogens with one attached hydrogen (secondary N) is 2. The van der Waals surface area contributed by atoms with E-state index in [0.29, 0.717) is 17.3 Å². The Kier molecular flexibility index (Phi) is 4.94. The van der Waals surface area contributed by atoms with E-state index >= 15 is 0 Å². The molecular formula is C17H22N4O2S. The van der Waals surface area contributed by atoms with Crippen molar-refractivity contribution in [3.63, 3.8) is 0 Å². The topological polar surface area (TPSA) is 84.0 Å². The van der Waals surface area contributed by atoms with Gasteiger partial charge in [-0.25, -0.2) is 18.4 Å². The first-order valence-electron chi connectivity index (χ1n) is 7.48. The molecule has 0 radical (unpaired) electrons. The van der Waals surface area contributed by atoms with Crippen molar-refractivity contribution in [2.24, 2.45) is 0 Å². The van der Waals surface area contributed by atoms with Crippen molar-refractivity contribution in [3.05, 3.63) is 48.4 Å². The number of aromatic nitrogens is 2. The SMILES string of the molecule is C=Cc1ncc(C)c(Nc2cccc(NS(=O)(=O)C(C)(C)C)c2)n1. The zero-order valence-corrected chi connectivity index (χ0v) is 15.1. The van der Waals surface area contributed by atoms with Gasteiger partial charge in [0.2, 0.25) is 10.0 Å². The summed E-state index contributed by atoms with van der Waals surface area (Å²) < 4.78 is 26.2. The van der Waals surface area contributed by atoms with Crippen LogP contribution in [-0.4, -0.2) is 23.1 Å². The normalized spacial score (nSPS) is 11.8. The van der Waals surface area contributed by atoms with Crippen LogP contribution in [-0.2, 0) is 10.0 Å². The van der Waals surface area contributed by atoms with Crippen LogP contribution >= 0.6 is 0 Å². The van der Waals surface area contributed by atoms with Gasteiger partial charge in [0.25, 0.3) is 0 Å². The molecule has 2 rings (SSSR count). The molecule has 0 saturated carbocycles. The minimum atomic E-state index is -3.48. The van der Waals surface area contributed by atoms with Crippen molar-refractivity contribution in [2.75, 3.05) is 10.0 Å². The van der Waals surface area contributed by atoms with E-state index in [4.69, 9.17) is 0 Å². The van der Waals surface area contributed by atoms with Gasteiger partial charge in [-0.2, -0.15) is 0 Å². The Labute approximate surface area is 143 Å². The second-order valence-electron chi connectivity index (χ2n) is 6.39. The van der Waals surface area contributed by atoms with Crippen molar-refractivity contribution in [1.82, 2.24) is 9.97 Å². The van der Waals surface area contributed by atoms with E-state index in [1.807, 2.05) is 13.0 Å². The molecule has 24 heavy (non-hydrogen) atoms. The minimum absolute atomic E-state index is 0.491. The molecule has 2 N–H and O–H groups in total. The summed E-state index contributed by atoms with van der Waals surface area (Å²) in [6, 6.07) is 7.03. The van der Waals surface area contributed by atoms with E-state index in [0.717, 1.165) is 11.3 Å². The molecule has 0 amide bonds. The summed E-state index contributed by atoms with van der Waals surface area (Å²) in [5.41, 5.74) is 2.09. The number of nitrogens with zero attached hydrogens (tertiary/aromatic N) is 2. The van der Waals surface area contributed by atoms with Crippen LogP contribution in [0, 0.1) is 6.92 Å². The quantitative estimate of drug-likeness (QED) is 0.862. The minimum Gasteiger partial charge on any atom is -0.340 e. The molecule has 0 aliphatic heterocycles. The molecule has 0 unspecified atom stereocenters. The lowest BCUT2D eigenvalue weighted by Crippen LogP contribution is -2.33. The first kappa shape index (κ1) is 17.9. The molecule has 1 aromatic heterocycles. The van der Waals surface area contributed by atoms with Crippen LogP contribution in [0.4, 0.5) is 17.2 Å². The third kappa shape index (κ3) is 4.11. The molecular weight excluding hydrogens is 324 g/mol. The van der Waals surface area contributed by atoms with E-state index in [9.17, 15) is 8.42 Å². The highest BCUT2D eigenvalue weighted by molar-refractivity contribution is 7.94. The number of hydrogen-bond donors (Lipinski definition) is 2. The largest absolute Gasteiger partial charge is 0.340 e. The average Bonchev–Trinajstić information content (AvgIpc) is 2.48. The van der Waals surface area contributed by atoms with Crippen LogP contribution in [0.25, 0.3) is 6.08 Å². The lowest BCUT2D eigenvalue weighted by Gasteiger charge is -2.20. The lowest BCUT2D eigenvalue weighted by molar-refractivity contribution is 0.566. The Morgan fingerprint density at radius 1 is 1.21 bits per heavy atom. The summed E-state index contributed by atoms with van der Waals surface area (Å²) in [5, 5.41) is 3.18. The summed E-state index contributed by atoms with van der Waals surface area (Å²) in [7, 11) is -3.48. The van der Waals surface area contributed by atoms with Gasteiger partial charge in [0.05, 0.1) is 10.4 Å². The molecule has 0 atom stereocenters. The Hall–Kier alpha value is -2.41. The second kappa shape index (κ2) is 6.60. The van der Waals surface area contributed by atoms with Crippen molar-refractivity contribution in [1.29, 1.82) is 0 Å². The van der Waals surface area contributed by atoms with Crippen LogP contribution in [0.5, 0.6) is 0 Å². The van der Waals surface area contributed by atoms with Crippen molar-refractivity contribution < 1.29 is 8.42 Å². The number of anilines is 3. The molecule has 0 bridgehead atoms. The van der Waals surface area contributed by atoms with Gasteiger partial charge in [0.15, 0.2) is 5.82 Å². The van der Waals surface area contributed by atoms with Crippen LogP contribution < -0.4 is 10.0 Å². The van der Waals surface area contributed by atoms with E-state index in [1.165, 1.54) is 0 Å². The summed E-state index contributed by atoms with van der Waals surface area (Å²) in [6.45, 7) is 10.5. The third-order valence-electron chi connectivity index (χ3n) is 3.36. The molecule has 128 valence electrons. The fourth-order valence-electron chi connectivity index (χ4n) is 1.79. The van der Waals surface area contributed by atoms with Crippen molar-refractivity contribution in [2.45, 2.75) is 32.4 Å². The highest BCUT2D eigenvalue weighted by Crippen LogP contribution is 2.24. The molecule has 0 saturated heterocycles. The molecule has 0 fully saturated rings. The molecule has 0 spiro atoms. The molecule has 7 heteroatoms.